The molecule has 0 radical (unpaired) electrons. The van der Waals surface area contributed by atoms with Crippen molar-refractivity contribution in [3.05, 3.63) is 65.7 Å². The number of benzene rings is 2. The van der Waals surface area contributed by atoms with Gasteiger partial charge in [-0.1, -0.05) is 42.5 Å². The Labute approximate surface area is 154 Å². The summed E-state index contributed by atoms with van der Waals surface area (Å²) in [5.74, 6) is 0.745. The molecule has 4 nitrogen and oxygen atoms in total. The number of nitrogens with one attached hydrogen (secondary N) is 1. The molecule has 1 saturated carbocycles. The van der Waals surface area contributed by atoms with Crippen LogP contribution in [0.3, 0.4) is 0 Å². The predicted molar refractivity (Wildman–Crippen MR) is 101 cm³/mol. The minimum atomic E-state index is -0.104. The lowest BCUT2D eigenvalue weighted by molar-refractivity contribution is -0.123. The summed E-state index contributed by atoms with van der Waals surface area (Å²) < 4.78 is 5.56. The fraction of sp³-hybridized carbons (Fsp3) is 0.364. The summed E-state index contributed by atoms with van der Waals surface area (Å²) in [6.45, 7) is 2.26. The zero-order chi connectivity index (χ0) is 18.4. The molecule has 1 aliphatic rings. The van der Waals surface area contributed by atoms with Crippen molar-refractivity contribution < 1.29 is 14.3 Å². The molecule has 0 bridgehead atoms. The van der Waals surface area contributed by atoms with Crippen LogP contribution in [0.5, 0.6) is 5.75 Å². The summed E-state index contributed by atoms with van der Waals surface area (Å²) in [6.07, 6.45) is 3.50. The molecule has 4 heteroatoms. The Morgan fingerprint density at radius 1 is 1.04 bits per heavy atom. The maximum absolute atomic E-state index is 12.1. The summed E-state index contributed by atoms with van der Waals surface area (Å²) in [7, 11) is 0. The molecule has 1 fully saturated rings. The predicted octanol–water partition coefficient (Wildman–Crippen LogP) is 3.44. The number of rotatable bonds is 9. The normalized spacial score (nSPS) is 14.5. The molecule has 2 aromatic rings. The topological polar surface area (TPSA) is 55.4 Å². The van der Waals surface area contributed by atoms with Crippen LogP contribution >= 0.6 is 0 Å². The van der Waals surface area contributed by atoms with E-state index in [-0.39, 0.29) is 23.7 Å². The number of carbonyl (C=O) groups excluding carboxylic acids is 2. The SMILES string of the molecule is CC(=O)CCc1ccc(OCC(=O)NCC2(c3ccccc3)CC2)cc1. The summed E-state index contributed by atoms with van der Waals surface area (Å²) in [6, 6.07) is 17.9. The number of carbonyl (C=O) groups is 2. The zero-order valence-electron chi connectivity index (χ0n) is 15.2. The van der Waals surface area contributed by atoms with Gasteiger partial charge in [0.25, 0.3) is 5.91 Å². The molecule has 1 aliphatic carbocycles. The Morgan fingerprint density at radius 2 is 1.73 bits per heavy atom. The van der Waals surface area contributed by atoms with Gasteiger partial charge in [0.05, 0.1) is 0 Å². The van der Waals surface area contributed by atoms with Gasteiger partial charge in [-0.05, 0) is 49.4 Å². The first kappa shape index (κ1) is 18.2. The second-order valence-corrected chi connectivity index (χ2v) is 7.06. The Kier molecular flexibility index (Phi) is 5.71. The molecule has 0 aliphatic heterocycles. The molecule has 1 N–H and O–H groups in total. The minimum Gasteiger partial charge on any atom is -0.484 e. The van der Waals surface area contributed by atoms with Gasteiger partial charge in [-0.2, -0.15) is 0 Å². The van der Waals surface area contributed by atoms with Gasteiger partial charge >= 0.3 is 0 Å². The lowest BCUT2D eigenvalue weighted by atomic mass is 9.96. The molecule has 136 valence electrons. The molecule has 0 atom stereocenters. The third kappa shape index (κ3) is 4.94. The van der Waals surface area contributed by atoms with Crippen molar-refractivity contribution in [3.8, 4) is 5.75 Å². The van der Waals surface area contributed by atoms with Crippen LogP contribution in [-0.4, -0.2) is 24.8 Å². The molecular formula is C22H25NO3. The van der Waals surface area contributed by atoms with E-state index in [9.17, 15) is 9.59 Å². The number of hydrogen-bond donors (Lipinski definition) is 1. The Morgan fingerprint density at radius 3 is 2.35 bits per heavy atom. The number of aryl methyl sites for hydroxylation is 1. The van der Waals surface area contributed by atoms with Crippen LogP contribution in [0.25, 0.3) is 0 Å². The fourth-order valence-corrected chi connectivity index (χ4v) is 3.05. The largest absolute Gasteiger partial charge is 0.484 e. The number of hydrogen-bond acceptors (Lipinski definition) is 3. The van der Waals surface area contributed by atoms with Crippen LogP contribution in [0.1, 0.15) is 37.3 Å². The van der Waals surface area contributed by atoms with Gasteiger partial charge in [0.1, 0.15) is 11.5 Å². The summed E-state index contributed by atoms with van der Waals surface area (Å²) in [4.78, 5) is 23.1. The second kappa shape index (κ2) is 8.17. The van der Waals surface area contributed by atoms with Crippen molar-refractivity contribution in [2.45, 2.75) is 38.0 Å². The van der Waals surface area contributed by atoms with Gasteiger partial charge in [-0.15, -0.1) is 0 Å². The quantitative estimate of drug-likeness (QED) is 0.753. The van der Waals surface area contributed by atoms with Crippen molar-refractivity contribution in [2.75, 3.05) is 13.2 Å². The highest BCUT2D eigenvalue weighted by atomic mass is 16.5. The Hall–Kier alpha value is -2.62. The number of amides is 1. The van der Waals surface area contributed by atoms with Gasteiger partial charge in [0.15, 0.2) is 6.61 Å². The van der Waals surface area contributed by atoms with E-state index in [1.54, 1.807) is 6.92 Å². The summed E-state index contributed by atoms with van der Waals surface area (Å²) in [5.41, 5.74) is 2.49. The maximum atomic E-state index is 12.1. The van der Waals surface area contributed by atoms with Crippen LogP contribution in [-0.2, 0) is 21.4 Å². The lowest BCUT2D eigenvalue weighted by Gasteiger charge is -2.16. The molecular weight excluding hydrogens is 326 g/mol. The first-order valence-corrected chi connectivity index (χ1v) is 9.11. The maximum Gasteiger partial charge on any atom is 0.257 e. The fourth-order valence-electron chi connectivity index (χ4n) is 3.05. The molecule has 0 saturated heterocycles. The number of ether oxygens (including phenoxy) is 1. The van der Waals surface area contributed by atoms with Crippen LogP contribution in [0.4, 0.5) is 0 Å². The highest BCUT2D eigenvalue weighted by Gasteiger charge is 2.44. The van der Waals surface area contributed by atoms with E-state index >= 15 is 0 Å². The van der Waals surface area contributed by atoms with Crippen molar-refractivity contribution >= 4 is 11.7 Å². The first-order valence-electron chi connectivity index (χ1n) is 9.11. The van der Waals surface area contributed by atoms with Gasteiger partial charge in [-0.25, -0.2) is 0 Å². The average Bonchev–Trinajstić information content (AvgIpc) is 3.46. The summed E-state index contributed by atoms with van der Waals surface area (Å²) >= 11 is 0. The number of ketones is 1. The van der Waals surface area contributed by atoms with Crippen molar-refractivity contribution in [1.29, 1.82) is 0 Å². The minimum absolute atomic E-state index is 0.0116. The number of Topliss-reactive ketones (excluding diaryl/α,β-unsaturated/α-hetero) is 1. The highest BCUT2D eigenvalue weighted by Crippen LogP contribution is 2.47. The van der Waals surface area contributed by atoms with Gasteiger partial charge < -0.3 is 14.8 Å². The van der Waals surface area contributed by atoms with E-state index in [0.29, 0.717) is 18.7 Å². The molecule has 0 spiro atoms. The van der Waals surface area contributed by atoms with E-state index in [2.05, 4.69) is 17.4 Å². The summed E-state index contributed by atoms with van der Waals surface area (Å²) in [5, 5.41) is 3.00. The lowest BCUT2D eigenvalue weighted by Crippen LogP contribution is -2.35. The first-order chi connectivity index (χ1) is 12.6. The monoisotopic (exact) mass is 351 g/mol. The Balaban J connectivity index is 1.42. The standard InChI is InChI=1S/C22H25NO3/c1-17(24)7-8-18-9-11-20(12-10-18)26-15-21(25)23-16-22(13-14-22)19-5-3-2-4-6-19/h2-6,9-12H,7-8,13-16H2,1H3,(H,23,25). The molecule has 0 heterocycles. The van der Waals surface area contributed by atoms with Crippen LogP contribution < -0.4 is 10.1 Å². The van der Waals surface area contributed by atoms with E-state index in [1.807, 2.05) is 42.5 Å². The van der Waals surface area contributed by atoms with E-state index in [0.717, 1.165) is 24.8 Å². The van der Waals surface area contributed by atoms with E-state index in [4.69, 9.17) is 4.74 Å². The molecule has 2 aromatic carbocycles. The highest BCUT2D eigenvalue weighted by molar-refractivity contribution is 5.77. The van der Waals surface area contributed by atoms with Gasteiger partial charge in [0.2, 0.25) is 0 Å². The molecule has 0 aromatic heterocycles. The van der Waals surface area contributed by atoms with Crippen molar-refractivity contribution in [2.24, 2.45) is 0 Å². The second-order valence-electron chi connectivity index (χ2n) is 7.06. The Bertz CT molecular complexity index is 749. The van der Waals surface area contributed by atoms with Gasteiger partial charge in [-0.3, -0.25) is 4.79 Å². The van der Waals surface area contributed by atoms with E-state index in [1.165, 1.54) is 5.56 Å². The molecule has 0 unspecified atom stereocenters. The van der Waals surface area contributed by atoms with E-state index < -0.39 is 0 Å². The molecule has 1 amide bonds. The average molecular weight is 351 g/mol. The van der Waals surface area contributed by atoms with Crippen LogP contribution in [0, 0.1) is 0 Å². The molecule has 3 rings (SSSR count). The van der Waals surface area contributed by atoms with Crippen LogP contribution in [0.15, 0.2) is 54.6 Å². The van der Waals surface area contributed by atoms with Crippen molar-refractivity contribution in [1.82, 2.24) is 5.32 Å². The zero-order valence-corrected chi connectivity index (χ0v) is 15.2. The van der Waals surface area contributed by atoms with Crippen molar-refractivity contribution in [3.63, 3.8) is 0 Å². The smallest absolute Gasteiger partial charge is 0.257 e. The third-order valence-electron chi connectivity index (χ3n) is 4.92. The third-order valence-corrected chi connectivity index (χ3v) is 4.92. The van der Waals surface area contributed by atoms with Gasteiger partial charge in [0, 0.05) is 18.4 Å². The van der Waals surface area contributed by atoms with Crippen LogP contribution in [0.2, 0.25) is 0 Å². The molecule has 26 heavy (non-hydrogen) atoms.